The van der Waals surface area contributed by atoms with E-state index in [1.54, 1.807) is 0 Å². The van der Waals surface area contributed by atoms with Gasteiger partial charge in [-0.1, -0.05) is 65.0 Å². The van der Waals surface area contributed by atoms with E-state index in [4.69, 9.17) is 0 Å². The van der Waals surface area contributed by atoms with E-state index in [1.807, 2.05) is 6.08 Å². The van der Waals surface area contributed by atoms with Gasteiger partial charge in [-0.15, -0.1) is 0 Å². The lowest BCUT2D eigenvalue weighted by Crippen LogP contribution is -2.47. The summed E-state index contributed by atoms with van der Waals surface area (Å²) in [6.45, 7) is 13.9. The molecule has 3 rings (SSSR count). The third-order valence-electron chi connectivity index (χ3n) is 7.85. The standard InChI is InChI=1S/C22H34/c1-6-8-17-10-11-18-19-12-9-16(3)21(19,4)15-13-20(18)22(17,5)14-7-2/h6,8,10-11,16,18-20H,1,7,9,12-15H2,2-5H3/b17-8-. The summed E-state index contributed by atoms with van der Waals surface area (Å²) in [5.74, 6) is 3.47. The summed E-state index contributed by atoms with van der Waals surface area (Å²) < 4.78 is 0. The van der Waals surface area contributed by atoms with Gasteiger partial charge < -0.3 is 0 Å². The molecule has 6 unspecified atom stereocenters. The summed E-state index contributed by atoms with van der Waals surface area (Å²) in [5.41, 5.74) is 2.48. The Morgan fingerprint density at radius 2 is 2.00 bits per heavy atom. The normalized spacial score (nSPS) is 49.0. The van der Waals surface area contributed by atoms with Crippen LogP contribution in [0.4, 0.5) is 0 Å². The lowest BCUT2D eigenvalue weighted by molar-refractivity contribution is -0.00966. The Kier molecular flexibility index (Phi) is 4.16. The molecular formula is C22H34. The molecule has 0 heteroatoms. The molecule has 0 amide bonds. The van der Waals surface area contributed by atoms with E-state index in [0.717, 1.165) is 23.7 Å². The van der Waals surface area contributed by atoms with Crippen LogP contribution in [0.25, 0.3) is 0 Å². The molecule has 22 heavy (non-hydrogen) atoms. The minimum absolute atomic E-state index is 0.357. The van der Waals surface area contributed by atoms with Crippen LogP contribution in [0.1, 0.15) is 66.2 Å². The van der Waals surface area contributed by atoms with Crippen molar-refractivity contribution in [2.75, 3.05) is 0 Å². The molecule has 122 valence electrons. The molecular weight excluding hydrogens is 264 g/mol. The van der Waals surface area contributed by atoms with Gasteiger partial charge >= 0.3 is 0 Å². The number of rotatable bonds is 3. The molecule has 6 atom stereocenters. The average molecular weight is 299 g/mol. The van der Waals surface area contributed by atoms with Gasteiger partial charge in [0.15, 0.2) is 0 Å². The molecule has 0 radical (unpaired) electrons. The van der Waals surface area contributed by atoms with Crippen LogP contribution in [0.3, 0.4) is 0 Å². The van der Waals surface area contributed by atoms with Crippen molar-refractivity contribution in [2.24, 2.45) is 34.5 Å². The van der Waals surface area contributed by atoms with Gasteiger partial charge in [0.25, 0.3) is 0 Å². The lowest BCUT2D eigenvalue weighted by Gasteiger charge is -2.55. The highest BCUT2D eigenvalue weighted by Gasteiger charge is 2.56. The van der Waals surface area contributed by atoms with E-state index in [2.05, 4.69) is 52.5 Å². The van der Waals surface area contributed by atoms with E-state index in [9.17, 15) is 0 Å². The highest BCUT2D eigenvalue weighted by Crippen LogP contribution is 2.64. The van der Waals surface area contributed by atoms with Crippen molar-refractivity contribution in [3.8, 4) is 0 Å². The Balaban J connectivity index is 2.00. The predicted octanol–water partition coefficient (Wildman–Crippen LogP) is 6.55. The second kappa shape index (κ2) is 5.69. The highest BCUT2D eigenvalue weighted by atomic mass is 14.6. The number of fused-ring (bicyclic) bond motifs is 3. The Morgan fingerprint density at radius 3 is 2.68 bits per heavy atom. The molecule has 0 aliphatic heterocycles. The Hall–Kier alpha value is -0.780. The third-order valence-corrected chi connectivity index (χ3v) is 7.85. The fraction of sp³-hybridized carbons (Fsp3) is 0.727. The van der Waals surface area contributed by atoms with Gasteiger partial charge in [0.1, 0.15) is 0 Å². The molecule has 0 heterocycles. The lowest BCUT2D eigenvalue weighted by atomic mass is 9.49. The van der Waals surface area contributed by atoms with Crippen molar-refractivity contribution in [2.45, 2.75) is 66.2 Å². The quantitative estimate of drug-likeness (QED) is 0.554. The maximum Gasteiger partial charge on any atom is -0.00415 e. The van der Waals surface area contributed by atoms with Gasteiger partial charge in [0.2, 0.25) is 0 Å². The van der Waals surface area contributed by atoms with Gasteiger partial charge in [-0.05, 0) is 72.2 Å². The van der Waals surface area contributed by atoms with E-state index < -0.39 is 0 Å². The first-order chi connectivity index (χ1) is 10.5. The van der Waals surface area contributed by atoms with E-state index in [1.165, 1.54) is 44.1 Å². The van der Waals surface area contributed by atoms with Crippen molar-refractivity contribution in [1.29, 1.82) is 0 Å². The van der Waals surface area contributed by atoms with Crippen LogP contribution in [0.2, 0.25) is 0 Å². The third kappa shape index (κ3) is 2.17. The molecule has 3 aliphatic rings. The Labute approximate surface area is 137 Å². The second-order valence-corrected chi connectivity index (χ2v) is 8.70. The van der Waals surface area contributed by atoms with Gasteiger partial charge in [0, 0.05) is 0 Å². The molecule has 0 bridgehead atoms. The van der Waals surface area contributed by atoms with Crippen LogP contribution in [0.15, 0.2) is 36.5 Å². The van der Waals surface area contributed by atoms with E-state index in [0.29, 0.717) is 10.8 Å². The maximum atomic E-state index is 3.95. The fourth-order valence-electron chi connectivity index (χ4n) is 6.31. The summed E-state index contributed by atoms with van der Waals surface area (Å²) in [6.07, 6.45) is 17.6. The van der Waals surface area contributed by atoms with Crippen molar-refractivity contribution in [3.63, 3.8) is 0 Å². The topological polar surface area (TPSA) is 0 Å². The molecule has 0 nitrogen and oxygen atoms in total. The van der Waals surface area contributed by atoms with Crippen molar-refractivity contribution in [3.05, 3.63) is 36.5 Å². The largest absolute Gasteiger partial charge is 0.0991 e. The first kappa shape index (κ1) is 16.1. The molecule has 3 aliphatic carbocycles. The first-order valence-corrected chi connectivity index (χ1v) is 9.48. The second-order valence-electron chi connectivity index (χ2n) is 8.70. The maximum absolute atomic E-state index is 3.95. The number of allylic oxidation sites excluding steroid dienone is 5. The highest BCUT2D eigenvalue weighted by molar-refractivity contribution is 5.36. The zero-order chi connectivity index (χ0) is 16.0. The van der Waals surface area contributed by atoms with Crippen molar-refractivity contribution < 1.29 is 0 Å². The van der Waals surface area contributed by atoms with Crippen molar-refractivity contribution in [1.82, 2.24) is 0 Å². The summed E-state index contributed by atoms with van der Waals surface area (Å²) in [5, 5.41) is 0. The van der Waals surface area contributed by atoms with Crippen LogP contribution in [0.5, 0.6) is 0 Å². The zero-order valence-electron chi connectivity index (χ0n) is 15.1. The smallest absolute Gasteiger partial charge is 0.00415 e. The van der Waals surface area contributed by atoms with Crippen molar-refractivity contribution >= 4 is 0 Å². The van der Waals surface area contributed by atoms with Crippen LogP contribution >= 0.6 is 0 Å². The van der Waals surface area contributed by atoms with Crippen LogP contribution in [0, 0.1) is 34.5 Å². The fourth-order valence-corrected chi connectivity index (χ4v) is 6.31. The molecule has 0 aromatic rings. The van der Waals surface area contributed by atoms with Gasteiger partial charge in [0.05, 0.1) is 0 Å². The number of hydrogen-bond donors (Lipinski definition) is 0. The molecule has 0 saturated heterocycles. The first-order valence-electron chi connectivity index (χ1n) is 9.48. The molecule has 2 fully saturated rings. The Bertz CT molecular complexity index is 496. The van der Waals surface area contributed by atoms with Crippen LogP contribution in [-0.4, -0.2) is 0 Å². The van der Waals surface area contributed by atoms with Crippen LogP contribution < -0.4 is 0 Å². The predicted molar refractivity (Wildman–Crippen MR) is 96.6 cm³/mol. The van der Waals surface area contributed by atoms with Gasteiger partial charge in [-0.3, -0.25) is 0 Å². The molecule has 0 aromatic carbocycles. The molecule has 0 spiro atoms. The molecule has 0 aromatic heterocycles. The average Bonchev–Trinajstić information content (AvgIpc) is 2.79. The minimum Gasteiger partial charge on any atom is -0.0991 e. The van der Waals surface area contributed by atoms with E-state index in [-0.39, 0.29) is 0 Å². The molecule has 2 saturated carbocycles. The van der Waals surface area contributed by atoms with Crippen LogP contribution in [-0.2, 0) is 0 Å². The van der Waals surface area contributed by atoms with E-state index >= 15 is 0 Å². The van der Waals surface area contributed by atoms with Gasteiger partial charge in [-0.2, -0.15) is 0 Å². The summed E-state index contributed by atoms with van der Waals surface area (Å²) >= 11 is 0. The monoisotopic (exact) mass is 298 g/mol. The summed E-state index contributed by atoms with van der Waals surface area (Å²) in [6, 6.07) is 0. The number of hydrogen-bond acceptors (Lipinski definition) is 0. The summed E-state index contributed by atoms with van der Waals surface area (Å²) in [7, 11) is 0. The Morgan fingerprint density at radius 1 is 1.23 bits per heavy atom. The van der Waals surface area contributed by atoms with Gasteiger partial charge in [-0.25, -0.2) is 0 Å². The molecule has 0 N–H and O–H groups in total. The SMILES string of the molecule is C=C/C=C1/C=CC2C(CCC3(C)C(C)CCC23)C1(C)CCC. The summed E-state index contributed by atoms with van der Waals surface area (Å²) in [4.78, 5) is 0. The minimum atomic E-state index is 0.357. The zero-order valence-corrected chi connectivity index (χ0v) is 15.1.